The molecule has 0 radical (unpaired) electrons. The number of rotatable bonds is 6. The summed E-state index contributed by atoms with van der Waals surface area (Å²) >= 11 is 1.54. The first-order valence-electron chi connectivity index (χ1n) is 6.78. The van der Waals surface area contributed by atoms with Crippen LogP contribution in [0.1, 0.15) is 28.6 Å². The van der Waals surface area contributed by atoms with E-state index in [0.717, 1.165) is 11.3 Å². The van der Waals surface area contributed by atoms with Crippen molar-refractivity contribution in [3.63, 3.8) is 0 Å². The fraction of sp³-hybridized carbons (Fsp3) is 0.250. The van der Waals surface area contributed by atoms with Crippen molar-refractivity contribution in [2.45, 2.75) is 19.8 Å². The standard InChI is InChI=1S/C16H17NO3S/c1-2-8-20-16(19)12-5-3-6-13(10-12)17-15(18)11-14-7-4-9-21-14/h3-7,9-10H,2,8,11H2,1H3,(H,17,18). The second kappa shape index (κ2) is 7.59. The third-order valence-corrected chi connectivity index (χ3v) is 3.61. The Labute approximate surface area is 127 Å². The van der Waals surface area contributed by atoms with E-state index in [-0.39, 0.29) is 11.9 Å². The van der Waals surface area contributed by atoms with Crippen LogP contribution >= 0.6 is 11.3 Å². The van der Waals surface area contributed by atoms with E-state index in [1.807, 2.05) is 24.4 Å². The van der Waals surface area contributed by atoms with Crippen LogP contribution in [-0.4, -0.2) is 18.5 Å². The van der Waals surface area contributed by atoms with Gasteiger partial charge in [0.1, 0.15) is 0 Å². The highest BCUT2D eigenvalue weighted by molar-refractivity contribution is 7.10. The molecule has 1 heterocycles. The molecule has 5 heteroatoms. The zero-order valence-corrected chi connectivity index (χ0v) is 12.6. The van der Waals surface area contributed by atoms with Crippen LogP contribution < -0.4 is 5.32 Å². The highest BCUT2D eigenvalue weighted by Gasteiger charge is 2.09. The number of hydrogen-bond acceptors (Lipinski definition) is 4. The largest absolute Gasteiger partial charge is 0.462 e. The topological polar surface area (TPSA) is 55.4 Å². The molecule has 0 atom stereocenters. The molecular weight excluding hydrogens is 286 g/mol. The minimum Gasteiger partial charge on any atom is -0.462 e. The van der Waals surface area contributed by atoms with Gasteiger partial charge in [-0.25, -0.2) is 4.79 Å². The minimum atomic E-state index is -0.369. The van der Waals surface area contributed by atoms with E-state index in [2.05, 4.69) is 5.32 Å². The van der Waals surface area contributed by atoms with Gasteiger partial charge in [0.05, 0.1) is 18.6 Å². The summed E-state index contributed by atoms with van der Waals surface area (Å²) in [6, 6.07) is 10.6. The number of carbonyl (C=O) groups excluding carboxylic acids is 2. The molecule has 1 aromatic carbocycles. The van der Waals surface area contributed by atoms with Crippen molar-refractivity contribution in [1.29, 1.82) is 0 Å². The van der Waals surface area contributed by atoms with Crippen LogP contribution in [0.5, 0.6) is 0 Å². The van der Waals surface area contributed by atoms with Crippen LogP contribution in [0, 0.1) is 0 Å². The van der Waals surface area contributed by atoms with E-state index >= 15 is 0 Å². The number of nitrogens with one attached hydrogen (secondary N) is 1. The number of esters is 1. The Kier molecular flexibility index (Phi) is 5.51. The molecule has 1 aromatic heterocycles. The quantitative estimate of drug-likeness (QED) is 0.831. The fourth-order valence-corrected chi connectivity index (χ4v) is 2.48. The molecule has 0 aliphatic heterocycles. The first-order valence-corrected chi connectivity index (χ1v) is 7.66. The van der Waals surface area contributed by atoms with Crippen molar-refractivity contribution in [1.82, 2.24) is 0 Å². The van der Waals surface area contributed by atoms with Gasteiger partial charge in [-0.2, -0.15) is 0 Å². The molecule has 110 valence electrons. The summed E-state index contributed by atoms with van der Waals surface area (Å²) in [4.78, 5) is 24.7. The monoisotopic (exact) mass is 303 g/mol. The average Bonchev–Trinajstić information content (AvgIpc) is 2.97. The number of carbonyl (C=O) groups is 2. The van der Waals surface area contributed by atoms with E-state index < -0.39 is 0 Å². The van der Waals surface area contributed by atoms with E-state index in [1.54, 1.807) is 35.6 Å². The summed E-state index contributed by atoms with van der Waals surface area (Å²) in [6.07, 6.45) is 1.12. The van der Waals surface area contributed by atoms with Crippen LogP contribution in [0.4, 0.5) is 5.69 Å². The molecule has 0 aliphatic rings. The molecule has 0 saturated carbocycles. The summed E-state index contributed by atoms with van der Waals surface area (Å²) in [5.74, 6) is -0.470. The SMILES string of the molecule is CCCOC(=O)c1cccc(NC(=O)Cc2cccs2)c1. The van der Waals surface area contributed by atoms with Gasteiger partial charge in [0, 0.05) is 10.6 Å². The predicted molar refractivity (Wildman–Crippen MR) is 83.7 cm³/mol. The smallest absolute Gasteiger partial charge is 0.338 e. The Morgan fingerprint density at radius 2 is 2.10 bits per heavy atom. The zero-order valence-electron chi connectivity index (χ0n) is 11.8. The maximum absolute atomic E-state index is 11.9. The molecule has 0 spiro atoms. The molecule has 1 N–H and O–H groups in total. The number of hydrogen-bond donors (Lipinski definition) is 1. The lowest BCUT2D eigenvalue weighted by molar-refractivity contribution is -0.115. The molecule has 2 aromatic rings. The van der Waals surface area contributed by atoms with Crippen LogP contribution in [-0.2, 0) is 16.0 Å². The Hall–Kier alpha value is -2.14. The summed E-state index contributed by atoms with van der Waals surface area (Å²) in [5.41, 5.74) is 1.04. The lowest BCUT2D eigenvalue weighted by atomic mass is 10.2. The van der Waals surface area contributed by atoms with Crippen LogP contribution in [0.25, 0.3) is 0 Å². The molecule has 0 fully saturated rings. The third kappa shape index (κ3) is 4.72. The maximum atomic E-state index is 11.9. The van der Waals surface area contributed by atoms with Gasteiger partial charge in [-0.05, 0) is 36.1 Å². The number of thiophene rings is 1. The number of amides is 1. The Balaban J connectivity index is 1.97. The highest BCUT2D eigenvalue weighted by Crippen LogP contribution is 2.14. The predicted octanol–water partition coefficient (Wildman–Crippen LogP) is 3.50. The van der Waals surface area contributed by atoms with Gasteiger partial charge in [0.25, 0.3) is 0 Å². The first kappa shape index (κ1) is 15.3. The van der Waals surface area contributed by atoms with Gasteiger partial charge < -0.3 is 10.1 Å². The van der Waals surface area contributed by atoms with Crippen LogP contribution in [0.15, 0.2) is 41.8 Å². The van der Waals surface area contributed by atoms with Gasteiger partial charge in [-0.3, -0.25) is 4.79 Å². The molecule has 2 rings (SSSR count). The molecule has 21 heavy (non-hydrogen) atoms. The van der Waals surface area contributed by atoms with Crippen molar-refractivity contribution < 1.29 is 14.3 Å². The van der Waals surface area contributed by atoms with Gasteiger partial charge in [-0.15, -0.1) is 11.3 Å². The van der Waals surface area contributed by atoms with Crippen molar-refractivity contribution in [2.24, 2.45) is 0 Å². The molecule has 1 amide bonds. The Morgan fingerprint density at radius 1 is 1.24 bits per heavy atom. The summed E-state index contributed by atoms with van der Waals surface area (Å²) < 4.78 is 5.07. The number of anilines is 1. The number of ether oxygens (including phenoxy) is 1. The Bertz CT molecular complexity index is 608. The summed E-state index contributed by atoms with van der Waals surface area (Å²) in [6.45, 7) is 2.34. The van der Waals surface area contributed by atoms with Crippen molar-refractivity contribution in [2.75, 3.05) is 11.9 Å². The van der Waals surface area contributed by atoms with Crippen molar-refractivity contribution in [3.8, 4) is 0 Å². The molecule has 0 saturated heterocycles. The van der Waals surface area contributed by atoms with Gasteiger partial charge in [0.15, 0.2) is 0 Å². The molecule has 0 unspecified atom stereocenters. The van der Waals surface area contributed by atoms with Crippen LogP contribution in [0.3, 0.4) is 0 Å². The Morgan fingerprint density at radius 3 is 2.81 bits per heavy atom. The normalized spacial score (nSPS) is 10.1. The summed E-state index contributed by atoms with van der Waals surface area (Å²) in [7, 11) is 0. The first-order chi connectivity index (χ1) is 10.2. The molecule has 0 aliphatic carbocycles. The van der Waals surface area contributed by atoms with E-state index in [4.69, 9.17) is 4.74 Å². The highest BCUT2D eigenvalue weighted by atomic mass is 32.1. The zero-order chi connectivity index (χ0) is 15.1. The van der Waals surface area contributed by atoms with Crippen molar-refractivity contribution in [3.05, 3.63) is 52.2 Å². The summed E-state index contributed by atoms with van der Waals surface area (Å²) in [5, 5.41) is 4.73. The van der Waals surface area contributed by atoms with Gasteiger partial charge in [0.2, 0.25) is 5.91 Å². The second-order valence-electron chi connectivity index (χ2n) is 4.52. The van der Waals surface area contributed by atoms with E-state index in [1.165, 1.54) is 0 Å². The minimum absolute atomic E-state index is 0.100. The van der Waals surface area contributed by atoms with Crippen LogP contribution in [0.2, 0.25) is 0 Å². The van der Waals surface area contributed by atoms with Crippen molar-refractivity contribution >= 4 is 28.9 Å². The van der Waals surface area contributed by atoms with Gasteiger partial charge >= 0.3 is 5.97 Å². The van der Waals surface area contributed by atoms with E-state index in [9.17, 15) is 9.59 Å². The van der Waals surface area contributed by atoms with Gasteiger partial charge in [-0.1, -0.05) is 19.1 Å². The average molecular weight is 303 g/mol. The lowest BCUT2D eigenvalue weighted by Gasteiger charge is -2.07. The number of benzene rings is 1. The second-order valence-corrected chi connectivity index (χ2v) is 5.55. The third-order valence-electron chi connectivity index (χ3n) is 2.73. The fourth-order valence-electron chi connectivity index (χ4n) is 1.78. The molecular formula is C16H17NO3S. The molecule has 0 bridgehead atoms. The van der Waals surface area contributed by atoms with E-state index in [0.29, 0.717) is 24.3 Å². The lowest BCUT2D eigenvalue weighted by Crippen LogP contribution is -2.14. The maximum Gasteiger partial charge on any atom is 0.338 e. The molecule has 4 nitrogen and oxygen atoms in total.